The van der Waals surface area contributed by atoms with Crippen LogP contribution < -0.4 is 5.32 Å². The van der Waals surface area contributed by atoms with Crippen LogP contribution in [0.4, 0.5) is 0 Å². The van der Waals surface area contributed by atoms with Crippen LogP contribution in [0.3, 0.4) is 0 Å². The van der Waals surface area contributed by atoms with Crippen molar-refractivity contribution in [3.63, 3.8) is 0 Å². The van der Waals surface area contributed by atoms with E-state index in [1.54, 1.807) is 18.2 Å². The van der Waals surface area contributed by atoms with E-state index in [0.717, 1.165) is 6.66 Å². The van der Waals surface area contributed by atoms with Gasteiger partial charge in [-0.2, -0.15) is 0 Å². The van der Waals surface area contributed by atoms with Gasteiger partial charge in [-0.25, -0.2) is 5.06 Å². The van der Waals surface area contributed by atoms with E-state index in [9.17, 15) is 19.4 Å². The predicted molar refractivity (Wildman–Crippen MR) is 68.0 cm³/mol. The molecule has 3 N–H and O–H groups in total. The molecular formula is C11H15N2O5P. The van der Waals surface area contributed by atoms with Crippen LogP contribution in [0.25, 0.3) is 0 Å². The van der Waals surface area contributed by atoms with Gasteiger partial charge >= 0.3 is 0 Å². The van der Waals surface area contributed by atoms with Crippen molar-refractivity contribution in [2.24, 2.45) is 0 Å². The lowest BCUT2D eigenvalue weighted by atomic mass is 10.2. The van der Waals surface area contributed by atoms with E-state index in [2.05, 4.69) is 5.32 Å². The van der Waals surface area contributed by atoms with Crippen molar-refractivity contribution >= 4 is 19.2 Å². The minimum Gasteiger partial charge on any atom is -0.344 e. The molecule has 1 aromatic rings. The Bertz CT molecular complexity index is 499. The van der Waals surface area contributed by atoms with Gasteiger partial charge in [-0.15, -0.1) is 0 Å². The average molecular weight is 286 g/mol. The molecule has 8 heteroatoms. The zero-order chi connectivity index (χ0) is 14.5. The third kappa shape index (κ3) is 5.65. The third-order valence-electron chi connectivity index (χ3n) is 2.12. The summed E-state index contributed by atoms with van der Waals surface area (Å²) in [7, 11) is -3.46. The summed E-state index contributed by atoms with van der Waals surface area (Å²) in [5.41, 5.74) is 0.266. The van der Waals surface area contributed by atoms with Gasteiger partial charge in [0.2, 0.25) is 13.3 Å². The Morgan fingerprint density at radius 3 is 2.42 bits per heavy atom. The number of benzene rings is 1. The highest BCUT2D eigenvalue weighted by molar-refractivity contribution is 7.58. The van der Waals surface area contributed by atoms with Crippen LogP contribution in [0.1, 0.15) is 10.4 Å². The summed E-state index contributed by atoms with van der Waals surface area (Å²) < 4.78 is 11.0. The highest BCUT2D eigenvalue weighted by Crippen LogP contribution is 2.33. The number of nitrogens with one attached hydrogen (secondary N) is 1. The lowest BCUT2D eigenvalue weighted by molar-refractivity contribution is -0.122. The number of nitrogens with zero attached hydrogens (tertiary/aromatic N) is 1. The van der Waals surface area contributed by atoms with Gasteiger partial charge in [-0.1, -0.05) is 18.2 Å². The Morgan fingerprint density at radius 2 is 1.89 bits per heavy atom. The molecule has 104 valence electrons. The fourth-order valence-corrected chi connectivity index (χ4v) is 1.93. The van der Waals surface area contributed by atoms with Crippen molar-refractivity contribution in [3.8, 4) is 0 Å². The fourth-order valence-electron chi connectivity index (χ4n) is 1.29. The largest absolute Gasteiger partial charge is 0.344 e. The Balaban J connectivity index is 2.48. The van der Waals surface area contributed by atoms with Crippen molar-refractivity contribution in [2.75, 3.05) is 19.5 Å². The molecule has 0 radical (unpaired) electrons. The highest BCUT2D eigenvalue weighted by atomic mass is 31.2. The molecule has 0 heterocycles. The molecule has 0 fully saturated rings. The fraction of sp³-hybridized carbons (Fsp3) is 0.273. The average Bonchev–Trinajstić information content (AvgIpc) is 2.34. The highest BCUT2D eigenvalue weighted by Gasteiger charge is 2.18. The first kappa shape index (κ1) is 15.4. The summed E-state index contributed by atoms with van der Waals surface area (Å²) in [4.78, 5) is 31.9. The van der Waals surface area contributed by atoms with Crippen LogP contribution in [0.15, 0.2) is 30.3 Å². The van der Waals surface area contributed by atoms with Gasteiger partial charge in [0.25, 0.3) is 5.91 Å². The lowest BCUT2D eigenvalue weighted by Gasteiger charge is -2.16. The number of hydroxylamine groups is 2. The van der Waals surface area contributed by atoms with E-state index < -0.39 is 32.0 Å². The van der Waals surface area contributed by atoms with E-state index in [1.165, 1.54) is 12.1 Å². The lowest BCUT2D eigenvalue weighted by Crippen LogP contribution is -2.40. The molecule has 0 saturated heterocycles. The van der Waals surface area contributed by atoms with Crippen molar-refractivity contribution in [1.29, 1.82) is 0 Å². The van der Waals surface area contributed by atoms with Crippen LogP contribution in [0.5, 0.6) is 0 Å². The Kier molecular flexibility index (Phi) is 5.23. The van der Waals surface area contributed by atoms with Gasteiger partial charge in [0.05, 0.1) is 0 Å². The standard InChI is InChI=1S/C11H15N2O5P/c1-19(17,18)7-10(14)12-8-13(16)11(15)9-5-3-2-4-6-9/h2-6,16H,7-8H2,1H3,(H,12,14)(H,17,18). The second-order valence-corrected chi connectivity index (χ2v) is 6.46. The van der Waals surface area contributed by atoms with E-state index in [1.807, 2.05) is 0 Å². The van der Waals surface area contributed by atoms with Crippen LogP contribution >= 0.6 is 7.37 Å². The van der Waals surface area contributed by atoms with E-state index in [-0.39, 0.29) is 5.56 Å². The van der Waals surface area contributed by atoms with Gasteiger partial charge in [-0.05, 0) is 12.1 Å². The van der Waals surface area contributed by atoms with Crippen molar-refractivity contribution in [3.05, 3.63) is 35.9 Å². The molecular weight excluding hydrogens is 271 g/mol. The van der Waals surface area contributed by atoms with Gasteiger partial charge < -0.3 is 10.2 Å². The molecule has 0 bridgehead atoms. The normalized spacial score (nSPS) is 13.4. The number of carbonyl (C=O) groups excluding carboxylic acids is 2. The molecule has 0 spiro atoms. The minimum atomic E-state index is -3.46. The van der Waals surface area contributed by atoms with Gasteiger partial charge in [0.1, 0.15) is 12.8 Å². The second kappa shape index (κ2) is 6.47. The van der Waals surface area contributed by atoms with E-state index >= 15 is 0 Å². The molecule has 1 unspecified atom stereocenters. The van der Waals surface area contributed by atoms with Crippen LogP contribution in [0, 0.1) is 0 Å². The number of carbonyl (C=O) groups is 2. The van der Waals surface area contributed by atoms with Crippen LogP contribution in [0.2, 0.25) is 0 Å². The number of hydrogen-bond donors (Lipinski definition) is 3. The zero-order valence-corrected chi connectivity index (χ0v) is 11.2. The monoisotopic (exact) mass is 286 g/mol. The van der Waals surface area contributed by atoms with E-state index in [0.29, 0.717) is 5.06 Å². The summed E-state index contributed by atoms with van der Waals surface area (Å²) in [6, 6.07) is 8.03. The number of hydrogen-bond acceptors (Lipinski definition) is 4. The maximum Gasteiger partial charge on any atom is 0.278 e. The number of amides is 2. The number of rotatable bonds is 5. The molecule has 1 rings (SSSR count). The minimum absolute atomic E-state index is 0.266. The van der Waals surface area contributed by atoms with Crippen molar-refractivity contribution < 1.29 is 24.3 Å². The summed E-state index contributed by atoms with van der Waals surface area (Å²) in [5, 5.41) is 12.0. The molecule has 0 aliphatic rings. The summed E-state index contributed by atoms with van der Waals surface area (Å²) >= 11 is 0. The molecule has 0 aromatic heterocycles. The second-order valence-electron chi connectivity index (χ2n) is 4.04. The molecule has 19 heavy (non-hydrogen) atoms. The molecule has 0 aliphatic heterocycles. The molecule has 1 aromatic carbocycles. The predicted octanol–water partition coefficient (Wildman–Crippen LogP) is 0.492. The Labute approximate surface area is 110 Å². The summed E-state index contributed by atoms with van der Waals surface area (Å²) in [6.45, 7) is 0.602. The van der Waals surface area contributed by atoms with Crippen LogP contribution in [-0.4, -0.2) is 46.5 Å². The topological polar surface area (TPSA) is 107 Å². The van der Waals surface area contributed by atoms with Crippen molar-refractivity contribution in [1.82, 2.24) is 10.4 Å². The first-order valence-electron chi connectivity index (χ1n) is 5.41. The maximum absolute atomic E-state index is 11.7. The van der Waals surface area contributed by atoms with Gasteiger partial charge in [-0.3, -0.25) is 19.4 Å². The summed E-state index contributed by atoms with van der Waals surface area (Å²) in [6.07, 6.45) is -0.555. The third-order valence-corrected chi connectivity index (χ3v) is 2.99. The van der Waals surface area contributed by atoms with Gasteiger partial charge in [0.15, 0.2) is 0 Å². The Hall–Kier alpha value is -1.69. The Morgan fingerprint density at radius 1 is 1.32 bits per heavy atom. The molecule has 1 atom stereocenters. The van der Waals surface area contributed by atoms with Crippen molar-refractivity contribution in [2.45, 2.75) is 0 Å². The zero-order valence-electron chi connectivity index (χ0n) is 10.3. The first-order valence-corrected chi connectivity index (χ1v) is 7.70. The summed E-state index contributed by atoms with van der Waals surface area (Å²) in [5.74, 6) is -1.39. The maximum atomic E-state index is 11.7. The molecule has 7 nitrogen and oxygen atoms in total. The van der Waals surface area contributed by atoms with Crippen LogP contribution in [-0.2, 0) is 9.36 Å². The SMILES string of the molecule is CP(=O)(O)CC(=O)NCN(O)C(=O)c1ccccc1. The quantitative estimate of drug-likeness (QED) is 0.316. The first-order chi connectivity index (χ1) is 8.79. The molecule has 2 amide bonds. The smallest absolute Gasteiger partial charge is 0.278 e. The molecule has 0 saturated carbocycles. The van der Waals surface area contributed by atoms with E-state index in [4.69, 9.17) is 4.89 Å². The molecule has 0 aliphatic carbocycles. The van der Waals surface area contributed by atoms with Gasteiger partial charge in [0, 0.05) is 12.2 Å².